The topological polar surface area (TPSA) is 130 Å². The Morgan fingerprint density at radius 1 is 0.951 bits per heavy atom. The average molecular weight is 622 g/mol. The van der Waals surface area contributed by atoms with E-state index in [1.54, 1.807) is 45.0 Å². The van der Waals surface area contributed by atoms with E-state index < -0.39 is 44.9 Å². The van der Waals surface area contributed by atoms with Gasteiger partial charge in [-0.3, -0.25) is 24.0 Å². The predicted octanol–water partition coefficient (Wildman–Crippen LogP) is 5.43. The summed E-state index contributed by atoms with van der Waals surface area (Å²) in [6.07, 6.45) is 0. The Bertz CT molecular complexity index is 1510. The molecule has 0 saturated carbocycles. The maximum Gasteiger partial charge on any atom is 0.269 e. The van der Waals surface area contributed by atoms with Crippen LogP contribution >= 0.6 is 23.2 Å². The summed E-state index contributed by atoms with van der Waals surface area (Å²) in [7, 11) is -4.32. The predicted molar refractivity (Wildman–Crippen MR) is 158 cm³/mol. The van der Waals surface area contributed by atoms with Gasteiger partial charge in [0.05, 0.1) is 15.5 Å². The third kappa shape index (κ3) is 7.96. The number of hydrogen-bond acceptors (Lipinski definition) is 6. The van der Waals surface area contributed by atoms with Gasteiger partial charge in [0.2, 0.25) is 11.8 Å². The maximum atomic E-state index is 14.0. The second kappa shape index (κ2) is 12.9. The Balaban J connectivity index is 2.09. The zero-order chi connectivity index (χ0) is 30.5. The number of carbonyl (C=O) groups is 2. The van der Waals surface area contributed by atoms with E-state index in [2.05, 4.69) is 5.32 Å². The lowest BCUT2D eigenvalue weighted by molar-refractivity contribution is -0.384. The molecule has 0 heterocycles. The van der Waals surface area contributed by atoms with Crippen molar-refractivity contribution in [2.24, 2.45) is 0 Å². The van der Waals surface area contributed by atoms with Crippen molar-refractivity contribution in [2.45, 2.75) is 50.7 Å². The van der Waals surface area contributed by atoms with E-state index >= 15 is 0 Å². The number of amides is 2. The highest BCUT2D eigenvalue weighted by Crippen LogP contribution is 2.29. The highest BCUT2D eigenvalue weighted by atomic mass is 35.5. The molecule has 0 unspecified atom stereocenters. The molecule has 10 nitrogen and oxygen atoms in total. The molecule has 0 aliphatic heterocycles. The number of nitrogens with zero attached hydrogens (tertiary/aromatic N) is 3. The lowest BCUT2D eigenvalue weighted by Crippen LogP contribution is -2.54. The molecule has 3 aromatic carbocycles. The van der Waals surface area contributed by atoms with Crippen LogP contribution < -0.4 is 9.62 Å². The Morgan fingerprint density at radius 3 is 2.02 bits per heavy atom. The van der Waals surface area contributed by atoms with Gasteiger partial charge >= 0.3 is 0 Å². The van der Waals surface area contributed by atoms with Crippen molar-refractivity contribution >= 4 is 56.4 Å². The SMILES string of the molecule is C[C@@H](C(=O)NC(C)(C)C)N(Cc1c(Cl)cccc1Cl)C(=O)CN(c1ccc([N+](=O)[O-])cc1)S(=O)(=O)c1ccccc1. The van der Waals surface area contributed by atoms with Gasteiger partial charge in [-0.05, 0) is 64.1 Å². The third-order valence-corrected chi connectivity index (χ3v) is 8.51. The number of nitro groups is 1. The number of non-ortho nitro benzene ring substituents is 1. The van der Waals surface area contributed by atoms with E-state index in [0.717, 1.165) is 16.4 Å². The second-order valence-corrected chi connectivity index (χ2v) is 12.9. The highest BCUT2D eigenvalue weighted by molar-refractivity contribution is 7.92. The number of sulfonamides is 1. The van der Waals surface area contributed by atoms with Gasteiger partial charge in [0.25, 0.3) is 15.7 Å². The minimum Gasteiger partial charge on any atom is -0.350 e. The van der Waals surface area contributed by atoms with E-state index in [9.17, 15) is 28.1 Å². The second-order valence-electron chi connectivity index (χ2n) is 10.2. The number of benzene rings is 3. The van der Waals surface area contributed by atoms with E-state index in [1.165, 1.54) is 48.2 Å². The normalized spacial score (nSPS) is 12.3. The van der Waals surface area contributed by atoms with Crippen LogP contribution in [0.4, 0.5) is 11.4 Å². The average Bonchev–Trinajstić information content (AvgIpc) is 2.90. The van der Waals surface area contributed by atoms with Crippen LogP contribution in [0, 0.1) is 10.1 Å². The molecule has 218 valence electrons. The Kier molecular flexibility index (Phi) is 10.0. The minimum absolute atomic E-state index is 0.0234. The largest absolute Gasteiger partial charge is 0.350 e. The molecule has 41 heavy (non-hydrogen) atoms. The van der Waals surface area contributed by atoms with Crippen molar-refractivity contribution in [2.75, 3.05) is 10.8 Å². The van der Waals surface area contributed by atoms with Crippen molar-refractivity contribution in [3.05, 3.63) is 98.5 Å². The van der Waals surface area contributed by atoms with Crippen LogP contribution in [0.1, 0.15) is 33.3 Å². The first kappa shape index (κ1) is 31.9. The van der Waals surface area contributed by atoms with Crippen LogP contribution in [0.15, 0.2) is 77.7 Å². The standard InChI is InChI=1S/C28H30Cl2N4O6S/c1-19(27(36)31-28(2,3)4)32(17-23-24(29)11-8-12-25(23)30)26(35)18-33(20-13-15-21(16-14-20)34(37)38)41(39,40)22-9-6-5-7-10-22/h5-16,19H,17-18H2,1-4H3,(H,31,36)/t19-/m0/s1. The quantitative estimate of drug-likeness (QED) is 0.238. The number of carbonyl (C=O) groups excluding carboxylic acids is 2. The van der Waals surface area contributed by atoms with E-state index in [4.69, 9.17) is 23.2 Å². The first-order chi connectivity index (χ1) is 19.1. The van der Waals surface area contributed by atoms with Gasteiger partial charge in [-0.15, -0.1) is 0 Å². The molecule has 0 aromatic heterocycles. The molecule has 0 saturated heterocycles. The molecule has 0 bridgehead atoms. The van der Waals surface area contributed by atoms with Gasteiger partial charge in [0.15, 0.2) is 0 Å². The molecular weight excluding hydrogens is 591 g/mol. The molecule has 1 atom stereocenters. The van der Waals surface area contributed by atoms with Gasteiger partial charge < -0.3 is 10.2 Å². The molecule has 2 amide bonds. The molecular formula is C28H30Cl2N4O6S. The lowest BCUT2D eigenvalue weighted by atomic mass is 10.1. The van der Waals surface area contributed by atoms with E-state index in [1.807, 2.05) is 0 Å². The number of nitrogens with one attached hydrogen (secondary N) is 1. The van der Waals surface area contributed by atoms with Crippen LogP contribution in [0.3, 0.4) is 0 Å². The summed E-state index contributed by atoms with van der Waals surface area (Å²) < 4.78 is 28.4. The Morgan fingerprint density at radius 2 is 1.51 bits per heavy atom. The summed E-state index contributed by atoms with van der Waals surface area (Å²) >= 11 is 12.8. The number of hydrogen-bond donors (Lipinski definition) is 1. The van der Waals surface area contributed by atoms with Gasteiger partial charge in [-0.1, -0.05) is 47.5 Å². The molecule has 3 aromatic rings. The molecule has 0 aliphatic carbocycles. The highest BCUT2D eigenvalue weighted by Gasteiger charge is 2.34. The smallest absolute Gasteiger partial charge is 0.269 e. The van der Waals surface area contributed by atoms with Crippen molar-refractivity contribution in [1.82, 2.24) is 10.2 Å². The molecule has 13 heteroatoms. The van der Waals surface area contributed by atoms with Crippen LogP contribution in [-0.2, 0) is 26.2 Å². The molecule has 1 N–H and O–H groups in total. The summed E-state index contributed by atoms with van der Waals surface area (Å²) in [4.78, 5) is 38.8. The fourth-order valence-electron chi connectivity index (χ4n) is 3.90. The fourth-order valence-corrected chi connectivity index (χ4v) is 5.85. The summed E-state index contributed by atoms with van der Waals surface area (Å²) in [5.41, 5.74) is -0.453. The molecule has 0 aliphatic rings. The minimum atomic E-state index is -4.32. The number of anilines is 1. The van der Waals surface area contributed by atoms with E-state index in [0.29, 0.717) is 5.56 Å². The first-order valence-corrected chi connectivity index (χ1v) is 14.7. The lowest BCUT2D eigenvalue weighted by Gasteiger charge is -2.33. The summed E-state index contributed by atoms with van der Waals surface area (Å²) in [6, 6.07) is 16.0. The first-order valence-electron chi connectivity index (χ1n) is 12.5. The Labute approximate surface area is 249 Å². The van der Waals surface area contributed by atoms with Gasteiger partial charge in [0, 0.05) is 39.8 Å². The number of rotatable bonds is 10. The van der Waals surface area contributed by atoms with Crippen molar-refractivity contribution < 1.29 is 22.9 Å². The molecule has 3 rings (SSSR count). The summed E-state index contributed by atoms with van der Waals surface area (Å²) in [5.74, 6) is -1.20. The van der Waals surface area contributed by atoms with Crippen LogP contribution in [0.2, 0.25) is 10.0 Å². The van der Waals surface area contributed by atoms with Crippen molar-refractivity contribution in [1.29, 1.82) is 0 Å². The van der Waals surface area contributed by atoms with Gasteiger partial charge in [0.1, 0.15) is 12.6 Å². The van der Waals surface area contributed by atoms with Crippen molar-refractivity contribution in [3.8, 4) is 0 Å². The maximum absolute atomic E-state index is 14.0. The summed E-state index contributed by atoms with van der Waals surface area (Å²) in [5, 5.41) is 14.6. The van der Waals surface area contributed by atoms with Crippen molar-refractivity contribution in [3.63, 3.8) is 0 Å². The number of halogens is 2. The summed E-state index contributed by atoms with van der Waals surface area (Å²) in [6.45, 7) is 5.98. The van der Waals surface area contributed by atoms with Gasteiger partial charge in [-0.25, -0.2) is 8.42 Å². The molecule has 0 radical (unpaired) electrons. The third-order valence-electron chi connectivity index (χ3n) is 6.01. The van der Waals surface area contributed by atoms with Gasteiger partial charge in [-0.2, -0.15) is 0 Å². The van der Waals surface area contributed by atoms with Crippen LogP contribution in [0.5, 0.6) is 0 Å². The monoisotopic (exact) mass is 620 g/mol. The van der Waals surface area contributed by atoms with Crippen LogP contribution in [0.25, 0.3) is 0 Å². The zero-order valence-corrected chi connectivity index (χ0v) is 25.2. The zero-order valence-electron chi connectivity index (χ0n) is 22.9. The Hall–Kier alpha value is -3.67. The van der Waals surface area contributed by atoms with E-state index in [-0.39, 0.29) is 32.9 Å². The fraction of sp³-hybridized carbons (Fsp3) is 0.286. The molecule has 0 fully saturated rings. The van der Waals surface area contributed by atoms with Crippen LogP contribution in [-0.4, -0.2) is 48.2 Å². The molecule has 0 spiro atoms. The number of nitro benzene ring substituents is 1.